The number of rotatable bonds is 8. The highest BCUT2D eigenvalue weighted by molar-refractivity contribution is 6.32. The van der Waals surface area contributed by atoms with Crippen LogP contribution in [0.1, 0.15) is 29.3 Å². The van der Waals surface area contributed by atoms with Crippen LogP contribution in [0.2, 0.25) is 10.2 Å². The molecule has 0 bridgehead atoms. The van der Waals surface area contributed by atoms with Crippen molar-refractivity contribution in [2.24, 2.45) is 0 Å². The highest BCUT2D eigenvalue weighted by atomic mass is 35.5. The largest absolute Gasteiger partial charge is 0.452 e. The Bertz CT molecular complexity index is 1140. The number of aryl methyl sites for hydroxylation is 2. The van der Waals surface area contributed by atoms with Crippen molar-refractivity contribution in [3.05, 3.63) is 87.2 Å². The fraction of sp³-hybridized carbons (Fsp3) is 0.208. The number of halogens is 2. The van der Waals surface area contributed by atoms with E-state index in [1.54, 1.807) is 17.7 Å². The van der Waals surface area contributed by atoms with Crippen molar-refractivity contribution in [3.8, 4) is 0 Å². The predicted octanol–water partition coefficient (Wildman–Crippen LogP) is 5.30. The molecule has 8 heteroatoms. The van der Waals surface area contributed by atoms with Crippen molar-refractivity contribution < 1.29 is 14.3 Å². The van der Waals surface area contributed by atoms with Crippen LogP contribution in [0.15, 0.2) is 54.6 Å². The Kier molecular flexibility index (Phi) is 8.09. The molecule has 1 heterocycles. The molecule has 0 aliphatic rings. The lowest BCUT2D eigenvalue weighted by molar-refractivity contribution is -0.142. The molecule has 0 saturated carbocycles. The predicted molar refractivity (Wildman–Crippen MR) is 127 cm³/mol. The van der Waals surface area contributed by atoms with E-state index in [1.165, 1.54) is 17.7 Å². The van der Waals surface area contributed by atoms with E-state index in [0.29, 0.717) is 33.7 Å². The number of ether oxygens (including phenoxy) is 1. The highest BCUT2D eigenvalue weighted by Gasteiger charge is 2.13. The van der Waals surface area contributed by atoms with Gasteiger partial charge in [0.25, 0.3) is 5.91 Å². The molecule has 0 aliphatic heterocycles. The summed E-state index contributed by atoms with van der Waals surface area (Å²) in [5, 5.41) is 8.10. The summed E-state index contributed by atoms with van der Waals surface area (Å²) in [7, 11) is 0. The van der Waals surface area contributed by atoms with Crippen LogP contribution in [0.25, 0.3) is 6.08 Å². The van der Waals surface area contributed by atoms with Gasteiger partial charge in [-0.05, 0) is 48.7 Å². The number of nitrogens with one attached hydrogen (secondary N) is 1. The molecule has 0 atom stereocenters. The molecule has 0 aliphatic carbocycles. The smallest absolute Gasteiger partial charge is 0.331 e. The molecule has 1 amide bonds. The lowest BCUT2D eigenvalue weighted by Gasteiger charge is -2.06. The van der Waals surface area contributed by atoms with Crippen molar-refractivity contribution in [2.45, 2.75) is 26.8 Å². The second-order valence-corrected chi connectivity index (χ2v) is 7.84. The Hall–Kier alpha value is -3.09. The normalized spacial score (nSPS) is 11.0. The number of aromatic nitrogens is 2. The molecule has 3 rings (SSSR count). The molecule has 1 N–H and O–H groups in total. The molecule has 1 aromatic heterocycles. The Labute approximate surface area is 196 Å². The third-order valence-electron chi connectivity index (χ3n) is 4.76. The molecule has 2 aromatic carbocycles. The van der Waals surface area contributed by atoms with Crippen molar-refractivity contribution >= 4 is 46.8 Å². The van der Waals surface area contributed by atoms with Gasteiger partial charge < -0.3 is 10.1 Å². The van der Waals surface area contributed by atoms with Gasteiger partial charge in [-0.1, -0.05) is 60.5 Å². The van der Waals surface area contributed by atoms with E-state index in [9.17, 15) is 9.59 Å². The minimum atomic E-state index is -0.657. The van der Waals surface area contributed by atoms with Crippen molar-refractivity contribution in [1.82, 2.24) is 9.78 Å². The number of esters is 1. The number of amides is 1. The maximum atomic E-state index is 12.0. The zero-order valence-electron chi connectivity index (χ0n) is 17.8. The van der Waals surface area contributed by atoms with Gasteiger partial charge in [0.05, 0.1) is 12.2 Å². The number of carbonyl (C=O) groups excluding carboxylic acids is 2. The lowest BCUT2D eigenvalue weighted by Crippen LogP contribution is -2.20. The molecule has 0 fully saturated rings. The number of benzene rings is 2. The Morgan fingerprint density at radius 3 is 2.53 bits per heavy atom. The van der Waals surface area contributed by atoms with E-state index in [4.69, 9.17) is 27.9 Å². The number of carbonyl (C=O) groups is 2. The SMILES string of the molecule is CCc1ccc(NC(=O)COC(=O)C=Cc2c(C)nn(Cc3ccccc3Cl)c2Cl)cc1. The monoisotopic (exact) mass is 471 g/mol. The third kappa shape index (κ3) is 6.22. The zero-order chi connectivity index (χ0) is 23.1. The standard InChI is InChI=1S/C24H23Cl2N3O3/c1-3-17-8-10-19(11-9-17)27-22(30)15-32-23(31)13-12-20-16(2)28-29(24(20)26)14-18-6-4-5-7-21(18)25/h4-13H,3,14-15H2,1-2H3,(H,27,30). The molecule has 0 radical (unpaired) electrons. The van der Waals surface area contributed by atoms with E-state index in [-0.39, 0.29) is 0 Å². The van der Waals surface area contributed by atoms with Gasteiger partial charge in [0.15, 0.2) is 6.61 Å². The van der Waals surface area contributed by atoms with Crippen molar-refractivity contribution in [2.75, 3.05) is 11.9 Å². The van der Waals surface area contributed by atoms with Gasteiger partial charge >= 0.3 is 5.97 Å². The molecule has 0 unspecified atom stereocenters. The van der Waals surface area contributed by atoms with Crippen LogP contribution in [0, 0.1) is 6.92 Å². The third-order valence-corrected chi connectivity index (χ3v) is 5.53. The van der Waals surface area contributed by atoms with E-state index in [2.05, 4.69) is 17.3 Å². The average molecular weight is 472 g/mol. The van der Waals surface area contributed by atoms with Crippen molar-refractivity contribution in [1.29, 1.82) is 0 Å². The first-order valence-electron chi connectivity index (χ1n) is 10.1. The van der Waals surface area contributed by atoms with Crippen LogP contribution in [-0.4, -0.2) is 28.3 Å². The Balaban J connectivity index is 1.56. The summed E-state index contributed by atoms with van der Waals surface area (Å²) in [5.74, 6) is -1.08. The fourth-order valence-electron chi connectivity index (χ4n) is 3.01. The van der Waals surface area contributed by atoms with Gasteiger partial charge in [-0.15, -0.1) is 0 Å². The maximum absolute atomic E-state index is 12.0. The number of hydrogen-bond acceptors (Lipinski definition) is 4. The van der Waals surface area contributed by atoms with Crippen molar-refractivity contribution in [3.63, 3.8) is 0 Å². The summed E-state index contributed by atoms with van der Waals surface area (Å²) in [6, 6.07) is 14.9. The van der Waals surface area contributed by atoms with Crippen LogP contribution < -0.4 is 5.32 Å². The summed E-state index contributed by atoms with van der Waals surface area (Å²) in [4.78, 5) is 24.0. The topological polar surface area (TPSA) is 73.2 Å². The average Bonchev–Trinajstić information content (AvgIpc) is 3.05. The summed E-state index contributed by atoms with van der Waals surface area (Å²) in [6.45, 7) is 3.85. The lowest BCUT2D eigenvalue weighted by atomic mass is 10.1. The van der Waals surface area contributed by atoms with Crippen LogP contribution in [-0.2, 0) is 27.3 Å². The van der Waals surface area contributed by atoms with Crippen LogP contribution >= 0.6 is 23.2 Å². The van der Waals surface area contributed by atoms with Gasteiger partial charge in [0.1, 0.15) is 5.15 Å². The first-order chi connectivity index (χ1) is 15.4. The molecule has 32 heavy (non-hydrogen) atoms. The summed E-state index contributed by atoms with van der Waals surface area (Å²) >= 11 is 12.7. The fourth-order valence-corrected chi connectivity index (χ4v) is 3.50. The van der Waals surface area contributed by atoms with Gasteiger partial charge in [0, 0.05) is 22.3 Å². The van der Waals surface area contributed by atoms with E-state index in [1.807, 2.05) is 42.5 Å². The highest BCUT2D eigenvalue weighted by Crippen LogP contribution is 2.24. The van der Waals surface area contributed by atoms with Gasteiger partial charge in [-0.3, -0.25) is 4.79 Å². The molecule has 166 valence electrons. The first kappa shape index (κ1) is 23.6. The maximum Gasteiger partial charge on any atom is 0.331 e. The summed E-state index contributed by atoms with van der Waals surface area (Å²) in [5.41, 5.74) is 3.94. The van der Waals surface area contributed by atoms with E-state index >= 15 is 0 Å². The molecule has 6 nitrogen and oxygen atoms in total. The van der Waals surface area contributed by atoms with Gasteiger partial charge in [-0.25, -0.2) is 9.48 Å². The molecule has 0 spiro atoms. The second-order valence-electron chi connectivity index (χ2n) is 7.08. The summed E-state index contributed by atoms with van der Waals surface area (Å²) in [6.07, 6.45) is 3.66. The number of anilines is 1. The second kappa shape index (κ2) is 11.0. The van der Waals surface area contributed by atoms with E-state index in [0.717, 1.165) is 12.0 Å². The minimum absolute atomic E-state index is 0.375. The minimum Gasteiger partial charge on any atom is -0.452 e. The molecular weight excluding hydrogens is 449 g/mol. The van der Waals surface area contributed by atoms with Gasteiger partial charge in [0.2, 0.25) is 0 Å². The molecule has 3 aromatic rings. The van der Waals surface area contributed by atoms with Crippen LogP contribution in [0.5, 0.6) is 0 Å². The number of nitrogens with zero attached hydrogens (tertiary/aromatic N) is 2. The Morgan fingerprint density at radius 1 is 1.12 bits per heavy atom. The van der Waals surface area contributed by atoms with Crippen LogP contribution in [0.4, 0.5) is 5.69 Å². The molecule has 0 saturated heterocycles. The summed E-state index contributed by atoms with van der Waals surface area (Å²) < 4.78 is 6.63. The molecular formula is C24H23Cl2N3O3. The Morgan fingerprint density at radius 2 is 1.84 bits per heavy atom. The first-order valence-corrected chi connectivity index (χ1v) is 10.8. The van der Waals surface area contributed by atoms with E-state index < -0.39 is 18.5 Å². The van der Waals surface area contributed by atoms with Gasteiger partial charge in [-0.2, -0.15) is 5.10 Å². The number of hydrogen-bond donors (Lipinski definition) is 1. The van der Waals surface area contributed by atoms with Crippen LogP contribution in [0.3, 0.4) is 0 Å². The zero-order valence-corrected chi connectivity index (χ0v) is 19.3. The quantitative estimate of drug-likeness (QED) is 0.357.